The summed E-state index contributed by atoms with van der Waals surface area (Å²) in [5.74, 6) is 0.0712. The Labute approximate surface area is 103 Å². The first kappa shape index (κ1) is 14.0. The van der Waals surface area contributed by atoms with E-state index in [9.17, 15) is 9.59 Å². The van der Waals surface area contributed by atoms with Crippen molar-refractivity contribution in [1.82, 2.24) is 5.32 Å². The van der Waals surface area contributed by atoms with Crippen LogP contribution < -0.4 is 5.32 Å². The number of carbonyl (C=O) groups is 2. The molecule has 0 bridgehead atoms. The number of rotatable bonds is 7. The average molecular weight is 241 g/mol. The summed E-state index contributed by atoms with van der Waals surface area (Å²) >= 11 is 0. The van der Waals surface area contributed by atoms with Crippen molar-refractivity contribution in [3.8, 4) is 0 Å². The van der Waals surface area contributed by atoms with Gasteiger partial charge in [0.05, 0.1) is 5.41 Å². The molecule has 0 spiro atoms. The molecule has 1 aliphatic carbocycles. The first-order valence-electron chi connectivity index (χ1n) is 6.41. The number of carbonyl (C=O) groups excluding carboxylic acids is 1. The summed E-state index contributed by atoms with van der Waals surface area (Å²) in [7, 11) is 0. The minimum absolute atomic E-state index is 0.0157. The van der Waals surface area contributed by atoms with Crippen LogP contribution in [0.25, 0.3) is 0 Å². The molecule has 0 heterocycles. The zero-order valence-corrected chi connectivity index (χ0v) is 11.0. The lowest BCUT2D eigenvalue weighted by atomic mass is 9.90. The average Bonchev–Trinajstić information content (AvgIpc) is 3.03. The lowest BCUT2D eigenvalue weighted by Crippen LogP contribution is -2.35. The van der Waals surface area contributed by atoms with Gasteiger partial charge >= 0.3 is 5.97 Å². The van der Waals surface area contributed by atoms with Crippen molar-refractivity contribution in [3.63, 3.8) is 0 Å². The highest BCUT2D eigenvalue weighted by Gasteiger charge is 2.50. The molecule has 0 radical (unpaired) electrons. The van der Waals surface area contributed by atoms with Gasteiger partial charge < -0.3 is 10.4 Å². The number of aliphatic carboxylic acids is 1. The van der Waals surface area contributed by atoms with E-state index in [2.05, 4.69) is 26.1 Å². The van der Waals surface area contributed by atoms with E-state index in [1.807, 2.05) is 0 Å². The normalized spacial score (nSPS) is 18.8. The Morgan fingerprint density at radius 3 is 2.29 bits per heavy atom. The van der Waals surface area contributed by atoms with E-state index in [0.717, 1.165) is 6.42 Å². The van der Waals surface area contributed by atoms with Gasteiger partial charge in [-0.25, -0.2) is 0 Å². The van der Waals surface area contributed by atoms with E-state index in [-0.39, 0.29) is 12.5 Å². The second-order valence-electron chi connectivity index (χ2n) is 5.48. The molecule has 17 heavy (non-hydrogen) atoms. The van der Waals surface area contributed by atoms with E-state index in [1.54, 1.807) is 0 Å². The molecular formula is C13H23NO3. The lowest BCUT2D eigenvalue weighted by Gasteiger charge is -2.19. The lowest BCUT2D eigenvalue weighted by molar-refractivity contribution is -0.143. The number of hydrogen-bond acceptors (Lipinski definition) is 2. The SMILES string of the molecule is CCC(CC(=O)NCC1(C(=O)O)CC1)C(C)C. The molecule has 0 aromatic carbocycles. The molecule has 1 unspecified atom stereocenters. The van der Waals surface area contributed by atoms with Gasteiger partial charge in [-0.3, -0.25) is 9.59 Å². The molecule has 1 saturated carbocycles. The molecule has 1 fully saturated rings. The van der Waals surface area contributed by atoms with Gasteiger partial charge in [-0.15, -0.1) is 0 Å². The minimum Gasteiger partial charge on any atom is -0.481 e. The number of nitrogens with one attached hydrogen (secondary N) is 1. The molecular weight excluding hydrogens is 218 g/mol. The topological polar surface area (TPSA) is 66.4 Å². The Kier molecular flexibility index (Phi) is 4.54. The Bertz CT molecular complexity index is 295. The smallest absolute Gasteiger partial charge is 0.311 e. The van der Waals surface area contributed by atoms with Crippen LogP contribution in [0, 0.1) is 17.3 Å². The molecule has 0 aromatic heterocycles. The van der Waals surface area contributed by atoms with Gasteiger partial charge in [0.25, 0.3) is 0 Å². The Morgan fingerprint density at radius 1 is 1.35 bits per heavy atom. The number of amides is 1. The van der Waals surface area contributed by atoms with E-state index >= 15 is 0 Å². The fourth-order valence-electron chi connectivity index (χ4n) is 2.05. The second-order valence-corrected chi connectivity index (χ2v) is 5.48. The van der Waals surface area contributed by atoms with Gasteiger partial charge in [-0.05, 0) is 24.7 Å². The van der Waals surface area contributed by atoms with Crippen molar-refractivity contribution in [1.29, 1.82) is 0 Å². The van der Waals surface area contributed by atoms with E-state index < -0.39 is 11.4 Å². The summed E-state index contributed by atoms with van der Waals surface area (Å²) in [6.45, 7) is 6.59. The maximum absolute atomic E-state index is 11.7. The third kappa shape index (κ3) is 3.72. The first-order chi connectivity index (χ1) is 7.91. The molecule has 1 rings (SSSR count). The minimum atomic E-state index is -0.784. The van der Waals surface area contributed by atoms with Crippen molar-refractivity contribution in [2.24, 2.45) is 17.3 Å². The van der Waals surface area contributed by atoms with Crippen molar-refractivity contribution in [2.75, 3.05) is 6.54 Å². The van der Waals surface area contributed by atoms with Crippen LogP contribution in [-0.2, 0) is 9.59 Å². The van der Waals surface area contributed by atoms with Gasteiger partial charge in [0.1, 0.15) is 0 Å². The highest BCUT2D eigenvalue weighted by Crippen LogP contribution is 2.45. The van der Waals surface area contributed by atoms with Gasteiger partial charge in [-0.2, -0.15) is 0 Å². The van der Waals surface area contributed by atoms with Crippen LogP contribution in [0.15, 0.2) is 0 Å². The maximum Gasteiger partial charge on any atom is 0.311 e. The number of carboxylic acids is 1. The van der Waals surface area contributed by atoms with Crippen molar-refractivity contribution < 1.29 is 14.7 Å². The zero-order chi connectivity index (χ0) is 13.1. The highest BCUT2D eigenvalue weighted by molar-refractivity contribution is 5.81. The predicted octanol–water partition coefficient (Wildman–Crippen LogP) is 2.04. The molecule has 98 valence electrons. The van der Waals surface area contributed by atoms with E-state index in [0.29, 0.717) is 31.1 Å². The largest absolute Gasteiger partial charge is 0.481 e. The fraction of sp³-hybridized carbons (Fsp3) is 0.846. The molecule has 1 amide bonds. The van der Waals surface area contributed by atoms with Crippen molar-refractivity contribution in [2.45, 2.75) is 46.5 Å². The number of hydrogen-bond donors (Lipinski definition) is 2. The molecule has 4 heteroatoms. The highest BCUT2D eigenvalue weighted by atomic mass is 16.4. The second kappa shape index (κ2) is 5.52. The Hall–Kier alpha value is -1.06. The summed E-state index contributed by atoms with van der Waals surface area (Å²) in [4.78, 5) is 22.6. The first-order valence-corrected chi connectivity index (χ1v) is 6.41. The van der Waals surface area contributed by atoms with Crippen LogP contribution in [0.4, 0.5) is 0 Å². The standard InChI is InChI=1S/C13H23NO3/c1-4-10(9(2)3)7-11(15)14-8-13(5-6-13)12(16)17/h9-10H,4-8H2,1-3H3,(H,14,15)(H,16,17). The summed E-state index contributed by atoms with van der Waals surface area (Å²) in [6, 6.07) is 0. The fourth-order valence-corrected chi connectivity index (χ4v) is 2.05. The third-order valence-electron chi connectivity index (χ3n) is 3.85. The van der Waals surface area contributed by atoms with Crippen LogP contribution in [0.5, 0.6) is 0 Å². The molecule has 0 aliphatic heterocycles. The van der Waals surface area contributed by atoms with Crippen molar-refractivity contribution in [3.05, 3.63) is 0 Å². The molecule has 4 nitrogen and oxygen atoms in total. The summed E-state index contributed by atoms with van der Waals surface area (Å²) < 4.78 is 0. The predicted molar refractivity (Wildman–Crippen MR) is 65.5 cm³/mol. The Morgan fingerprint density at radius 2 is 1.94 bits per heavy atom. The van der Waals surface area contributed by atoms with Crippen LogP contribution >= 0.6 is 0 Å². The van der Waals surface area contributed by atoms with Gasteiger partial charge in [0.2, 0.25) is 5.91 Å². The molecule has 0 saturated heterocycles. The van der Waals surface area contributed by atoms with E-state index in [4.69, 9.17) is 5.11 Å². The summed E-state index contributed by atoms with van der Waals surface area (Å²) in [5.41, 5.74) is -0.658. The molecule has 1 aliphatic rings. The van der Waals surface area contributed by atoms with Crippen LogP contribution in [0.3, 0.4) is 0 Å². The van der Waals surface area contributed by atoms with Gasteiger partial charge in [0, 0.05) is 13.0 Å². The third-order valence-corrected chi connectivity index (χ3v) is 3.85. The van der Waals surface area contributed by atoms with Crippen LogP contribution in [-0.4, -0.2) is 23.5 Å². The number of carboxylic acid groups (broad SMARTS) is 1. The molecule has 2 N–H and O–H groups in total. The van der Waals surface area contributed by atoms with Crippen molar-refractivity contribution >= 4 is 11.9 Å². The summed E-state index contributed by atoms with van der Waals surface area (Å²) in [6.07, 6.45) is 2.85. The van der Waals surface area contributed by atoms with Gasteiger partial charge in [-0.1, -0.05) is 27.2 Å². The van der Waals surface area contributed by atoms with Crippen LogP contribution in [0.2, 0.25) is 0 Å². The molecule has 1 atom stereocenters. The summed E-state index contributed by atoms with van der Waals surface area (Å²) in [5, 5.41) is 11.7. The Balaban J connectivity index is 2.33. The van der Waals surface area contributed by atoms with E-state index in [1.165, 1.54) is 0 Å². The quantitative estimate of drug-likeness (QED) is 0.716. The van der Waals surface area contributed by atoms with Gasteiger partial charge in [0.15, 0.2) is 0 Å². The monoisotopic (exact) mass is 241 g/mol. The maximum atomic E-state index is 11.7. The molecule has 0 aromatic rings. The zero-order valence-electron chi connectivity index (χ0n) is 11.0. The van der Waals surface area contributed by atoms with Crippen LogP contribution in [0.1, 0.15) is 46.5 Å².